The van der Waals surface area contributed by atoms with Gasteiger partial charge in [-0.2, -0.15) is 0 Å². The SMILES string of the molecule is COC(=O)C(C)(C)Oc1ccc(OCCCCl)cc1. The number of hydrogen-bond donors (Lipinski definition) is 0. The van der Waals surface area contributed by atoms with Gasteiger partial charge in [0.15, 0.2) is 5.60 Å². The van der Waals surface area contributed by atoms with E-state index in [4.69, 9.17) is 21.1 Å². The van der Waals surface area contributed by atoms with Crippen LogP contribution >= 0.6 is 11.6 Å². The van der Waals surface area contributed by atoms with Crippen LogP contribution in [0, 0.1) is 0 Å². The summed E-state index contributed by atoms with van der Waals surface area (Å²) >= 11 is 5.57. The van der Waals surface area contributed by atoms with E-state index in [1.54, 1.807) is 38.1 Å². The number of esters is 1. The van der Waals surface area contributed by atoms with Crippen molar-refractivity contribution in [2.24, 2.45) is 0 Å². The Labute approximate surface area is 118 Å². The summed E-state index contributed by atoms with van der Waals surface area (Å²) in [6.07, 6.45) is 0.801. The molecule has 1 aromatic carbocycles. The molecule has 0 bridgehead atoms. The number of ether oxygens (including phenoxy) is 3. The molecular weight excluding hydrogens is 268 g/mol. The van der Waals surface area contributed by atoms with Gasteiger partial charge in [0, 0.05) is 5.88 Å². The number of hydrogen-bond acceptors (Lipinski definition) is 4. The monoisotopic (exact) mass is 286 g/mol. The summed E-state index contributed by atoms with van der Waals surface area (Å²) in [4.78, 5) is 11.5. The molecule has 0 amide bonds. The fraction of sp³-hybridized carbons (Fsp3) is 0.500. The number of methoxy groups -OCH3 is 1. The van der Waals surface area contributed by atoms with Crippen LogP contribution in [0.2, 0.25) is 0 Å². The lowest BCUT2D eigenvalue weighted by Crippen LogP contribution is -2.39. The van der Waals surface area contributed by atoms with Crippen molar-refractivity contribution in [2.75, 3.05) is 19.6 Å². The quantitative estimate of drug-likeness (QED) is 0.439. The van der Waals surface area contributed by atoms with E-state index in [0.717, 1.165) is 12.2 Å². The molecule has 5 heteroatoms. The van der Waals surface area contributed by atoms with Crippen molar-refractivity contribution in [3.63, 3.8) is 0 Å². The van der Waals surface area contributed by atoms with E-state index in [-0.39, 0.29) is 0 Å². The molecule has 106 valence electrons. The predicted octanol–water partition coefficient (Wildman–Crippen LogP) is 3.02. The highest BCUT2D eigenvalue weighted by atomic mass is 35.5. The highest BCUT2D eigenvalue weighted by Gasteiger charge is 2.30. The molecular formula is C14H19ClO4. The van der Waals surface area contributed by atoms with Crippen LogP contribution in [0.5, 0.6) is 11.5 Å². The largest absolute Gasteiger partial charge is 0.494 e. The van der Waals surface area contributed by atoms with Gasteiger partial charge in [-0.1, -0.05) is 0 Å². The molecule has 0 heterocycles. The zero-order valence-electron chi connectivity index (χ0n) is 11.4. The lowest BCUT2D eigenvalue weighted by molar-refractivity contribution is -0.156. The van der Waals surface area contributed by atoms with Crippen LogP contribution in [0.4, 0.5) is 0 Å². The van der Waals surface area contributed by atoms with Gasteiger partial charge in [0.1, 0.15) is 11.5 Å². The van der Waals surface area contributed by atoms with Crippen LogP contribution in [0.15, 0.2) is 24.3 Å². The van der Waals surface area contributed by atoms with Crippen LogP contribution in [-0.4, -0.2) is 31.2 Å². The van der Waals surface area contributed by atoms with E-state index in [1.165, 1.54) is 7.11 Å². The number of carbonyl (C=O) groups excluding carboxylic acids is 1. The molecule has 0 aromatic heterocycles. The molecule has 0 spiro atoms. The van der Waals surface area contributed by atoms with Gasteiger partial charge in [0.25, 0.3) is 0 Å². The van der Waals surface area contributed by atoms with E-state index in [0.29, 0.717) is 18.2 Å². The molecule has 0 atom stereocenters. The second-order valence-electron chi connectivity index (χ2n) is 4.47. The van der Waals surface area contributed by atoms with Crippen molar-refractivity contribution in [3.05, 3.63) is 24.3 Å². The van der Waals surface area contributed by atoms with Gasteiger partial charge in [-0.25, -0.2) is 4.79 Å². The van der Waals surface area contributed by atoms with E-state index in [2.05, 4.69) is 4.74 Å². The molecule has 4 nitrogen and oxygen atoms in total. The zero-order chi connectivity index (χ0) is 14.3. The predicted molar refractivity (Wildman–Crippen MR) is 74.0 cm³/mol. The zero-order valence-corrected chi connectivity index (χ0v) is 12.2. The summed E-state index contributed by atoms with van der Waals surface area (Å²) in [5.41, 5.74) is -1.02. The van der Waals surface area contributed by atoms with Crippen molar-refractivity contribution in [1.82, 2.24) is 0 Å². The topological polar surface area (TPSA) is 44.8 Å². The maximum absolute atomic E-state index is 11.5. The third-order valence-electron chi connectivity index (χ3n) is 2.42. The number of alkyl halides is 1. The number of rotatable bonds is 7. The molecule has 1 rings (SSSR count). The van der Waals surface area contributed by atoms with Crippen LogP contribution in [0.25, 0.3) is 0 Å². The summed E-state index contributed by atoms with van der Waals surface area (Å²) in [5, 5.41) is 0. The Morgan fingerprint density at radius 1 is 1.21 bits per heavy atom. The van der Waals surface area contributed by atoms with Crippen LogP contribution in [0.3, 0.4) is 0 Å². The van der Waals surface area contributed by atoms with Crippen LogP contribution < -0.4 is 9.47 Å². The minimum Gasteiger partial charge on any atom is -0.494 e. The second-order valence-corrected chi connectivity index (χ2v) is 4.84. The Hall–Kier alpha value is -1.42. The Morgan fingerprint density at radius 3 is 2.32 bits per heavy atom. The molecule has 0 saturated carbocycles. The van der Waals surface area contributed by atoms with E-state index < -0.39 is 11.6 Å². The molecule has 0 radical (unpaired) electrons. The van der Waals surface area contributed by atoms with Crippen molar-refractivity contribution in [2.45, 2.75) is 25.9 Å². The van der Waals surface area contributed by atoms with Gasteiger partial charge in [-0.3, -0.25) is 0 Å². The standard InChI is InChI=1S/C14H19ClO4/c1-14(2,13(16)17-3)19-12-7-5-11(6-8-12)18-10-4-9-15/h5-8H,4,9-10H2,1-3H3. The third-order valence-corrected chi connectivity index (χ3v) is 2.69. The first-order chi connectivity index (χ1) is 8.99. The number of benzene rings is 1. The van der Waals surface area contributed by atoms with Gasteiger partial charge in [0.05, 0.1) is 13.7 Å². The molecule has 0 saturated heterocycles. The molecule has 0 aliphatic carbocycles. The number of halogens is 1. The highest BCUT2D eigenvalue weighted by molar-refractivity contribution is 6.17. The first-order valence-electron chi connectivity index (χ1n) is 6.06. The first kappa shape index (κ1) is 15.6. The Kier molecular flexibility index (Phi) is 5.96. The summed E-state index contributed by atoms with van der Waals surface area (Å²) in [6.45, 7) is 3.89. The fourth-order valence-corrected chi connectivity index (χ4v) is 1.54. The summed E-state index contributed by atoms with van der Waals surface area (Å²) in [7, 11) is 1.33. The number of carbonyl (C=O) groups is 1. The van der Waals surface area contributed by atoms with Gasteiger partial charge in [-0.05, 0) is 44.5 Å². The van der Waals surface area contributed by atoms with Crippen LogP contribution in [0.1, 0.15) is 20.3 Å². The maximum Gasteiger partial charge on any atom is 0.349 e. The molecule has 0 fully saturated rings. The minimum atomic E-state index is -1.02. The molecule has 19 heavy (non-hydrogen) atoms. The lowest BCUT2D eigenvalue weighted by Gasteiger charge is -2.23. The normalized spacial score (nSPS) is 10.9. The van der Waals surface area contributed by atoms with Gasteiger partial charge < -0.3 is 14.2 Å². The highest BCUT2D eigenvalue weighted by Crippen LogP contribution is 2.22. The minimum absolute atomic E-state index is 0.421. The van der Waals surface area contributed by atoms with E-state index >= 15 is 0 Å². The second kappa shape index (κ2) is 7.24. The van der Waals surface area contributed by atoms with Gasteiger partial charge in [-0.15, -0.1) is 11.6 Å². The van der Waals surface area contributed by atoms with Crippen LogP contribution in [-0.2, 0) is 9.53 Å². The van der Waals surface area contributed by atoms with Crippen molar-refractivity contribution in [3.8, 4) is 11.5 Å². The summed E-state index contributed by atoms with van der Waals surface area (Å²) in [5.74, 6) is 1.48. The molecule has 0 N–H and O–H groups in total. The third kappa shape index (κ3) is 4.99. The lowest BCUT2D eigenvalue weighted by atomic mass is 10.1. The Balaban J connectivity index is 2.59. The van der Waals surface area contributed by atoms with Gasteiger partial charge in [0.2, 0.25) is 0 Å². The van der Waals surface area contributed by atoms with Gasteiger partial charge >= 0.3 is 5.97 Å². The van der Waals surface area contributed by atoms with Crippen molar-refractivity contribution >= 4 is 17.6 Å². The van der Waals surface area contributed by atoms with Crippen molar-refractivity contribution in [1.29, 1.82) is 0 Å². The summed E-state index contributed by atoms with van der Waals surface area (Å²) < 4.78 is 15.7. The fourth-order valence-electron chi connectivity index (χ4n) is 1.43. The Morgan fingerprint density at radius 2 is 1.79 bits per heavy atom. The first-order valence-corrected chi connectivity index (χ1v) is 6.59. The van der Waals surface area contributed by atoms with E-state index in [1.807, 2.05) is 0 Å². The molecule has 0 aliphatic rings. The smallest absolute Gasteiger partial charge is 0.349 e. The molecule has 1 aromatic rings. The molecule has 0 unspecified atom stereocenters. The summed E-state index contributed by atoms with van der Waals surface area (Å²) in [6, 6.07) is 7.08. The average molecular weight is 287 g/mol. The Bertz CT molecular complexity index is 400. The average Bonchev–Trinajstić information content (AvgIpc) is 2.39. The molecule has 0 aliphatic heterocycles. The van der Waals surface area contributed by atoms with E-state index in [9.17, 15) is 4.79 Å². The maximum atomic E-state index is 11.5. The van der Waals surface area contributed by atoms with Crippen molar-refractivity contribution < 1.29 is 19.0 Å².